The molecule has 0 saturated carbocycles. The molecule has 0 aliphatic carbocycles. The van der Waals surface area contributed by atoms with E-state index in [9.17, 15) is 5.26 Å². The first kappa shape index (κ1) is 30.6. The number of hydrogen-bond donors (Lipinski definition) is 0. The standard InChI is InChI=1S/C51H32N2/c52-33-38-31-30-37(32-49(38)53-47-24-12-10-18-41(47)42-19-11-13-25-48(42)53)40-17-5-4-16-39(40)34-26-28-36(29-27-34)51-45-22-8-6-20-43(45)50(35-14-2-1-3-15-35)44-21-7-9-23-46(44)51/h1-32H. The Kier molecular flexibility index (Phi) is 7.23. The minimum absolute atomic E-state index is 0.639. The molecule has 246 valence electrons. The van der Waals surface area contributed by atoms with Crippen molar-refractivity contribution in [2.45, 2.75) is 0 Å². The van der Waals surface area contributed by atoms with Crippen LogP contribution in [-0.4, -0.2) is 4.57 Å². The van der Waals surface area contributed by atoms with E-state index in [0.717, 1.165) is 39.0 Å². The molecule has 1 heterocycles. The van der Waals surface area contributed by atoms with Gasteiger partial charge in [0.05, 0.1) is 22.3 Å². The van der Waals surface area contributed by atoms with E-state index in [2.05, 4.69) is 199 Å². The Morgan fingerprint density at radius 2 is 0.736 bits per heavy atom. The first-order chi connectivity index (χ1) is 26.3. The van der Waals surface area contributed by atoms with Crippen LogP contribution in [0.3, 0.4) is 0 Å². The van der Waals surface area contributed by atoms with Crippen molar-refractivity contribution in [1.29, 1.82) is 5.26 Å². The second-order valence-electron chi connectivity index (χ2n) is 13.5. The van der Waals surface area contributed by atoms with Crippen molar-refractivity contribution in [2.24, 2.45) is 0 Å². The van der Waals surface area contributed by atoms with Gasteiger partial charge in [-0.1, -0.05) is 170 Å². The highest BCUT2D eigenvalue weighted by atomic mass is 15.0. The SMILES string of the molecule is N#Cc1ccc(-c2ccccc2-c2ccc(-c3c4ccccc4c(-c4ccccc4)c4ccccc34)cc2)cc1-n1c2ccccc2c2ccccc21. The molecule has 0 N–H and O–H groups in total. The first-order valence-electron chi connectivity index (χ1n) is 18.0. The highest BCUT2D eigenvalue weighted by Crippen LogP contribution is 2.44. The molecule has 1 aromatic heterocycles. The molecule has 0 unspecified atom stereocenters. The van der Waals surface area contributed by atoms with Crippen molar-refractivity contribution in [3.63, 3.8) is 0 Å². The minimum atomic E-state index is 0.639. The number of nitrogens with zero attached hydrogens (tertiary/aromatic N) is 2. The van der Waals surface area contributed by atoms with Gasteiger partial charge in [0.2, 0.25) is 0 Å². The van der Waals surface area contributed by atoms with Crippen molar-refractivity contribution in [3.05, 3.63) is 200 Å². The van der Waals surface area contributed by atoms with Crippen molar-refractivity contribution in [2.75, 3.05) is 0 Å². The van der Waals surface area contributed by atoms with Gasteiger partial charge in [-0.25, -0.2) is 0 Å². The monoisotopic (exact) mass is 672 g/mol. The van der Waals surface area contributed by atoms with Gasteiger partial charge < -0.3 is 4.57 Å². The van der Waals surface area contributed by atoms with E-state index in [1.54, 1.807) is 0 Å². The lowest BCUT2D eigenvalue weighted by Gasteiger charge is -2.18. The maximum absolute atomic E-state index is 10.3. The maximum Gasteiger partial charge on any atom is 0.101 e. The molecule has 0 atom stereocenters. The van der Waals surface area contributed by atoms with Gasteiger partial charge in [0.1, 0.15) is 6.07 Å². The number of benzene rings is 9. The Bertz CT molecular complexity index is 2940. The Morgan fingerprint density at radius 1 is 0.340 bits per heavy atom. The molecule has 0 spiro atoms. The maximum atomic E-state index is 10.3. The number of rotatable bonds is 5. The topological polar surface area (TPSA) is 28.7 Å². The van der Waals surface area contributed by atoms with E-state index in [0.29, 0.717) is 5.56 Å². The average Bonchev–Trinajstić information content (AvgIpc) is 3.57. The van der Waals surface area contributed by atoms with E-state index in [-0.39, 0.29) is 0 Å². The zero-order valence-corrected chi connectivity index (χ0v) is 28.9. The summed E-state index contributed by atoms with van der Waals surface area (Å²) in [5.41, 5.74) is 13.1. The third-order valence-electron chi connectivity index (χ3n) is 10.7. The Hall–Kier alpha value is -7.21. The van der Waals surface area contributed by atoms with Crippen LogP contribution in [-0.2, 0) is 0 Å². The van der Waals surface area contributed by atoms with E-state index in [1.807, 2.05) is 6.07 Å². The highest BCUT2D eigenvalue weighted by Gasteiger charge is 2.19. The summed E-state index contributed by atoms with van der Waals surface area (Å²) in [4.78, 5) is 0. The minimum Gasteiger partial charge on any atom is -0.308 e. The fraction of sp³-hybridized carbons (Fsp3) is 0. The van der Waals surface area contributed by atoms with Crippen LogP contribution in [0.2, 0.25) is 0 Å². The zero-order valence-electron chi connectivity index (χ0n) is 28.9. The lowest BCUT2D eigenvalue weighted by atomic mass is 9.85. The number of nitriles is 1. The lowest BCUT2D eigenvalue weighted by Crippen LogP contribution is -1.98. The van der Waals surface area contributed by atoms with Gasteiger partial charge in [0.25, 0.3) is 0 Å². The lowest BCUT2D eigenvalue weighted by molar-refractivity contribution is 1.17. The van der Waals surface area contributed by atoms with Gasteiger partial charge in [0.15, 0.2) is 0 Å². The normalized spacial score (nSPS) is 11.4. The predicted octanol–water partition coefficient (Wildman–Crippen LogP) is 13.6. The van der Waals surface area contributed by atoms with Crippen LogP contribution in [0.15, 0.2) is 194 Å². The summed E-state index contributed by atoms with van der Waals surface area (Å²) in [6, 6.07) is 71.5. The fourth-order valence-electron chi connectivity index (χ4n) is 8.32. The summed E-state index contributed by atoms with van der Waals surface area (Å²) in [6.45, 7) is 0. The van der Waals surface area contributed by atoms with Gasteiger partial charge >= 0.3 is 0 Å². The Balaban J connectivity index is 1.11. The molecule has 0 amide bonds. The van der Waals surface area contributed by atoms with Crippen LogP contribution >= 0.6 is 0 Å². The summed E-state index contributed by atoms with van der Waals surface area (Å²) >= 11 is 0. The number of hydrogen-bond acceptors (Lipinski definition) is 1. The number of aromatic nitrogens is 1. The third-order valence-corrected chi connectivity index (χ3v) is 10.7. The summed E-state index contributed by atoms with van der Waals surface area (Å²) in [7, 11) is 0. The Morgan fingerprint density at radius 3 is 1.26 bits per heavy atom. The molecule has 0 saturated heterocycles. The first-order valence-corrected chi connectivity index (χ1v) is 18.0. The van der Waals surface area contributed by atoms with Crippen LogP contribution in [0.5, 0.6) is 0 Å². The van der Waals surface area contributed by atoms with Gasteiger partial charge in [-0.15, -0.1) is 0 Å². The van der Waals surface area contributed by atoms with Crippen LogP contribution < -0.4 is 0 Å². The Labute approximate surface area is 308 Å². The highest BCUT2D eigenvalue weighted by molar-refractivity contribution is 6.21. The summed E-state index contributed by atoms with van der Waals surface area (Å²) in [5.74, 6) is 0. The van der Waals surface area contributed by atoms with E-state index < -0.39 is 0 Å². The van der Waals surface area contributed by atoms with Crippen molar-refractivity contribution < 1.29 is 0 Å². The molecule has 0 fully saturated rings. The van der Waals surface area contributed by atoms with Gasteiger partial charge in [0, 0.05) is 10.8 Å². The smallest absolute Gasteiger partial charge is 0.101 e. The van der Waals surface area contributed by atoms with Crippen molar-refractivity contribution >= 4 is 43.4 Å². The molecule has 9 aromatic carbocycles. The second-order valence-corrected chi connectivity index (χ2v) is 13.5. The van der Waals surface area contributed by atoms with E-state index >= 15 is 0 Å². The van der Waals surface area contributed by atoms with Gasteiger partial charge in [-0.05, 0) is 90.3 Å². The van der Waals surface area contributed by atoms with E-state index in [1.165, 1.54) is 54.6 Å². The molecular formula is C51H32N2. The molecule has 53 heavy (non-hydrogen) atoms. The van der Waals surface area contributed by atoms with Crippen molar-refractivity contribution in [1.82, 2.24) is 4.57 Å². The number of fused-ring (bicyclic) bond motifs is 5. The summed E-state index contributed by atoms with van der Waals surface area (Å²) in [6.07, 6.45) is 0. The molecule has 0 radical (unpaired) electrons. The molecular weight excluding hydrogens is 641 g/mol. The quantitative estimate of drug-likeness (QED) is 0.167. The van der Waals surface area contributed by atoms with Crippen molar-refractivity contribution in [3.8, 4) is 56.3 Å². The fourth-order valence-corrected chi connectivity index (χ4v) is 8.32. The molecule has 10 aromatic rings. The average molecular weight is 673 g/mol. The molecule has 2 nitrogen and oxygen atoms in total. The molecule has 0 aliphatic rings. The zero-order chi connectivity index (χ0) is 35.3. The summed E-state index contributed by atoms with van der Waals surface area (Å²) < 4.78 is 2.24. The molecule has 10 rings (SSSR count). The van der Waals surface area contributed by atoms with Gasteiger partial charge in [-0.2, -0.15) is 5.26 Å². The second kappa shape index (κ2) is 12.5. The largest absolute Gasteiger partial charge is 0.308 e. The molecule has 0 aliphatic heterocycles. The van der Waals surface area contributed by atoms with Crippen LogP contribution in [0, 0.1) is 11.3 Å². The van der Waals surface area contributed by atoms with Gasteiger partial charge in [-0.3, -0.25) is 0 Å². The summed E-state index contributed by atoms with van der Waals surface area (Å²) in [5, 5.41) is 17.7. The predicted molar refractivity (Wildman–Crippen MR) is 222 cm³/mol. The van der Waals surface area contributed by atoms with Crippen LogP contribution in [0.25, 0.3) is 93.5 Å². The van der Waals surface area contributed by atoms with Crippen LogP contribution in [0.1, 0.15) is 5.56 Å². The van der Waals surface area contributed by atoms with Crippen LogP contribution in [0.4, 0.5) is 0 Å². The molecule has 0 bridgehead atoms. The van der Waals surface area contributed by atoms with E-state index in [4.69, 9.17) is 0 Å². The third kappa shape index (κ3) is 4.94. The number of para-hydroxylation sites is 2. The molecule has 2 heteroatoms.